The van der Waals surface area contributed by atoms with E-state index in [9.17, 15) is 18.7 Å². The number of aromatic carboxylic acids is 1. The Labute approximate surface area is 268 Å². The number of thiophene rings is 1. The molecule has 2 aliphatic rings. The van der Waals surface area contributed by atoms with E-state index in [4.69, 9.17) is 10.2 Å². The quantitative estimate of drug-likeness (QED) is 0.123. The summed E-state index contributed by atoms with van der Waals surface area (Å²) in [7, 11) is -3.97. The molecular formula is C33H28FN4O4S3+. The first-order valence-corrected chi connectivity index (χ1v) is 17.7. The number of nitrogens with zero attached hydrogens (tertiary/aromatic N) is 3. The summed E-state index contributed by atoms with van der Waals surface area (Å²) in [6, 6.07) is 15.9. The molecule has 228 valence electrons. The molecule has 7 rings (SSSR count). The fourth-order valence-electron chi connectivity index (χ4n) is 5.91. The summed E-state index contributed by atoms with van der Waals surface area (Å²) >= 11 is 2.84. The summed E-state index contributed by atoms with van der Waals surface area (Å²) in [5, 5.41) is 21.9. The molecule has 3 unspecified atom stereocenters. The predicted molar refractivity (Wildman–Crippen MR) is 173 cm³/mol. The lowest BCUT2D eigenvalue weighted by atomic mass is 9.95. The van der Waals surface area contributed by atoms with Crippen molar-refractivity contribution in [3.05, 3.63) is 104 Å². The van der Waals surface area contributed by atoms with Gasteiger partial charge in [0.15, 0.2) is 11.5 Å². The minimum atomic E-state index is -3.97. The standard InChI is InChI=1S/C33H27FN4O4S3/c1-18-5-10-23(44-18)11-6-19-3-2-4-22(13-19)30-26(14-20-7-12-29(27(34)15-20)45(35,41)42)31(25-16-24(25)21-8-9-21)38(37-30)33-36-28(17-43-33)32(39)40/h2-5,7,10,12-13,15,17,21,24-25H,8-9,14,16H2,1H3,(H3-,35,39,40,41,42)/p+1. The number of hydrogen-bond donors (Lipinski definition) is 3. The number of nitrogens with two attached hydrogens (primary N) is 1. The summed E-state index contributed by atoms with van der Waals surface area (Å²) in [6.45, 7) is 2.04. The Morgan fingerprint density at radius 2 is 2.00 bits per heavy atom. The topological polar surface area (TPSA) is 131 Å². The molecule has 2 aromatic carbocycles. The van der Waals surface area contributed by atoms with Gasteiger partial charge in [-0.05, 0) is 78.1 Å². The third-order valence-electron chi connectivity index (χ3n) is 8.23. The van der Waals surface area contributed by atoms with Crippen LogP contribution in [0.2, 0.25) is 0 Å². The van der Waals surface area contributed by atoms with E-state index in [-0.39, 0.29) is 18.0 Å². The first-order chi connectivity index (χ1) is 21.5. The van der Waals surface area contributed by atoms with E-state index in [1.165, 1.54) is 46.6 Å². The van der Waals surface area contributed by atoms with Crippen LogP contribution in [0.25, 0.3) is 16.4 Å². The third kappa shape index (κ3) is 6.14. The molecule has 3 aromatic heterocycles. The Bertz CT molecular complexity index is 2080. The SMILES string of the molecule is Cc1ccc(C#Cc2cccc(-c3nn(-c4nc(C(=O)O)cs4)c(C4CC4C4CC4)c3Cc3ccc([S+](N)(=O)O)c(F)c3)c2)s1. The lowest BCUT2D eigenvalue weighted by Gasteiger charge is -2.10. The van der Waals surface area contributed by atoms with Crippen molar-refractivity contribution in [1.82, 2.24) is 14.8 Å². The van der Waals surface area contributed by atoms with Gasteiger partial charge in [-0.1, -0.05) is 30.0 Å². The van der Waals surface area contributed by atoms with Crippen LogP contribution in [0.1, 0.15) is 67.8 Å². The molecule has 2 fully saturated rings. The zero-order valence-corrected chi connectivity index (χ0v) is 26.5. The lowest BCUT2D eigenvalue weighted by Crippen LogP contribution is -2.22. The van der Waals surface area contributed by atoms with Gasteiger partial charge in [-0.2, -0.15) is 9.65 Å². The average molecular weight is 660 g/mol. The zero-order valence-electron chi connectivity index (χ0n) is 24.1. The number of rotatable bonds is 8. The maximum Gasteiger partial charge on any atom is 0.355 e. The van der Waals surface area contributed by atoms with Gasteiger partial charge in [-0.25, -0.2) is 18.9 Å². The number of aromatic nitrogens is 3. The van der Waals surface area contributed by atoms with E-state index in [0.29, 0.717) is 28.2 Å². The summed E-state index contributed by atoms with van der Waals surface area (Å²) in [6.07, 6.45) is 3.65. The molecule has 3 atom stereocenters. The molecule has 3 heterocycles. The fraction of sp³-hybridized carbons (Fsp3) is 0.242. The van der Waals surface area contributed by atoms with E-state index in [0.717, 1.165) is 33.7 Å². The number of carbonyl (C=O) groups is 1. The van der Waals surface area contributed by atoms with Gasteiger partial charge in [-0.3, -0.25) is 0 Å². The molecular weight excluding hydrogens is 632 g/mol. The Kier molecular flexibility index (Phi) is 7.54. The van der Waals surface area contributed by atoms with E-state index in [1.807, 2.05) is 43.3 Å². The Balaban J connectivity index is 1.38. The van der Waals surface area contributed by atoms with Gasteiger partial charge in [0.25, 0.3) is 0 Å². The van der Waals surface area contributed by atoms with Crippen molar-refractivity contribution >= 4 is 39.0 Å². The minimum absolute atomic E-state index is 0.0535. The highest BCUT2D eigenvalue weighted by Crippen LogP contribution is 2.60. The molecule has 5 aromatic rings. The second-order valence-corrected chi connectivity index (χ2v) is 15.2. The van der Waals surface area contributed by atoms with Gasteiger partial charge in [0.1, 0.15) is 0 Å². The summed E-state index contributed by atoms with van der Waals surface area (Å²) in [4.78, 5) is 17.8. The van der Waals surface area contributed by atoms with Crippen LogP contribution in [-0.2, 0) is 21.0 Å². The largest absolute Gasteiger partial charge is 0.476 e. The molecule has 45 heavy (non-hydrogen) atoms. The molecule has 0 spiro atoms. The van der Waals surface area contributed by atoms with Crippen molar-refractivity contribution in [2.45, 2.75) is 43.4 Å². The van der Waals surface area contributed by atoms with Crippen molar-refractivity contribution in [3.63, 3.8) is 0 Å². The molecule has 0 bridgehead atoms. The molecule has 12 heteroatoms. The fourth-order valence-corrected chi connectivity index (χ4v) is 7.99. The van der Waals surface area contributed by atoms with Gasteiger partial charge in [-0.15, -0.1) is 27.8 Å². The Hall–Kier alpha value is -3.99. The predicted octanol–water partition coefficient (Wildman–Crippen LogP) is 6.91. The maximum absolute atomic E-state index is 15.0. The van der Waals surface area contributed by atoms with E-state index >= 15 is 4.39 Å². The number of benzene rings is 2. The van der Waals surface area contributed by atoms with Gasteiger partial charge in [0.05, 0.1) is 16.3 Å². The normalized spacial score (nSPS) is 18.7. The molecule has 8 nitrogen and oxygen atoms in total. The Morgan fingerprint density at radius 1 is 1.18 bits per heavy atom. The first kappa shape index (κ1) is 29.7. The maximum atomic E-state index is 15.0. The van der Waals surface area contributed by atoms with E-state index < -0.39 is 27.1 Å². The van der Waals surface area contributed by atoms with Crippen LogP contribution in [0.4, 0.5) is 4.39 Å². The highest BCUT2D eigenvalue weighted by molar-refractivity contribution is 7.95. The van der Waals surface area contributed by atoms with Crippen molar-refractivity contribution in [3.8, 4) is 28.2 Å². The minimum Gasteiger partial charge on any atom is -0.476 e. The highest BCUT2D eigenvalue weighted by atomic mass is 32.3. The first-order valence-electron chi connectivity index (χ1n) is 14.4. The smallest absolute Gasteiger partial charge is 0.355 e. The van der Waals surface area contributed by atoms with Crippen LogP contribution < -0.4 is 5.14 Å². The lowest BCUT2D eigenvalue weighted by molar-refractivity contribution is 0.0691. The third-order valence-corrected chi connectivity index (χ3v) is 10.9. The van der Waals surface area contributed by atoms with Crippen molar-refractivity contribution < 1.29 is 23.1 Å². The molecule has 4 N–H and O–H groups in total. The van der Waals surface area contributed by atoms with Crippen LogP contribution in [0.5, 0.6) is 0 Å². The van der Waals surface area contributed by atoms with Crippen LogP contribution in [0, 0.1) is 36.4 Å². The molecule has 0 saturated heterocycles. The number of hydrogen-bond acceptors (Lipinski definition) is 6. The van der Waals surface area contributed by atoms with Crippen molar-refractivity contribution in [2.24, 2.45) is 17.0 Å². The Morgan fingerprint density at radius 3 is 2.67 bits per heavy atom. The van der Waals surface area contributed by atoms with Crippen LogP contribution in [-0.4, -0.2) is 30.4 Å². The zero-order chi connectivity index (χ0) is 31.5. The van der Waals surface area contributed by atoms with E-state index in [2.05, 4.69) is 16.8 Å². The number of carboxylic acids is 1. The number of halogens is 1. The highest BCUT2D eigenvalue weighted by Gasteiger charge is 2.51. The summed E-state index contributed by atoms with van der Waals surface area (Å²) in [5.41, 5.74) is 4.63. The van der Waals surface area contributed by atoms with Gasteiger partial charge in [0, 0.05) is 45.4 Å². The number of aryl methyl sites for hydroxylation is 1. The molecule has 0 aliphatic heterocycles. The molecule has 2 saturated carbocycles. The average Bonchev–Trinajstić information content (AvgIpc) is 3.85. The molecule has 0 amide bonds. The summed E-state index contributed by atoms with van der Waals surface area (Å²) < 4.78 is 38.5. The van der Waals surface area contributed by atoms with Crippen LogP contribution in [0.15, 0.2) is 64.9 Å². The summed E-state index contributed by atoms with van der Waals surface area (Å²) in [5.74, 6) is 5.86. The van der Waals surface area contributed by atoms with Crippen LogP contribution in [0.3, 0.4) is 0 Å². The van der Waals surface area contributed by atoms with Gasteiger partial charge >= 0.3 is 16.4 Å². The molecule has 2 aliphatic carbocycles. The number of carboxylic acid groups (broad SMARTS) is 1. The van der Waals surface area contributed by atoms with Crippen molar-refractivity contribution in [1.29, 1.82) is 0 Å². The van der Waals surface area contributed by atoms with Crippen LogP contribution >= 0.6 is 22.7 Å². The second-order valence-electron chi connectivity index (χ2n) is 11.5. The van der Waals surface area contributed by atoms with Crippen molar-refractivity contribution in [2.75, 3.05) is 0 Å². The van der Waals surface area contributed by atoms with E-state index in [1.54, 1.807) is 22.1 Å². The van der Waals surface area contributed by atoms with Gasteiger partial charge < -0.3 is 5.11 Å². The molecule has 0 radical (unpaired) electrons. The monoisotopic (exact) mass is 659 g/mol. The number of thiazole rings is 1. The van der Waals surface area contributed by atoms with Gasteiger partial charge in [0.2, 0.25) is 10.0 Å². The second kappa shape index (κ2) is 11.4.